The van der Waals surface area contributed by atoms with Crippen LogP contribution in [0.3, 0.4) is 0 Å². The molecule has 0 radical (unpaired) electrons. The lowest BCUT2D eigenvalue weighted by atomic mass is 9.98. The number of hydrogen-bond acceptors (Lipinski definition) is 1. The van der Waals surface area contributed by atoms with E-state index in [0.29, 0.717) is 0 Å². The van der Waals surface area contributed by atoms with Crippen LogP contribution in [0.25, 0.3) is 0 Å². The Labute approximate surface area is 155 Å². The molecule has 0 saturated heterocycles. The first-order chi connectivity index (χ1) is 10.8. The van der Waals surface area contributed by atoms with Crippen molar-refractivity contribution < 1.29 is 4.39 Å². The zero-order valence-electron chi connectivity index (χ0n) is 13.7. The summed E-state index contributed by atoms with van der Waals surface area (Å²) in [7, 11) is 1.82. The average Bonchev–Trinajstić information content (AvgIpc) is 3.41. The van der Waals surface area contributed by atoms with Crippen LogP contribution in [0, 0.1) is 23.6 Å². The van der Waals surface area contributed by atoms with Crippen LogP contribution < -0.4 is 10.6 Å². The van der Waals surface area contributed by atoms with E-state index < -0.39 is 0 Å². The van der Waals surface area contributed by atoms with Crippen molar-refractivity contribution in [3.63, 3.8) is 0 Å². The minimum absolute atomic E-state index is 0. The van der Waals surface area contributed by atoms with E-state index in [1.54, 1.807) is 0 Å². The van der Waals surface area contributed by atoms with Gasteiger partial charge in [-0.1, -0.05) is 12.1 Å². The summed E-state index contributed by atoms with van der Waals surface area (Å²) in [5, 5.41) is 6.84. The van der Waals surface area contributed by atoms with Crippen LogP contribution in [0.2, 0.25) is 0 Å². The van der Waals surface area contributed by atoms with E-state index in [2.05, 4.69) is 15.6 Å². The second kappa shape index (κ2) is 8.85. The minimum Gasteiger partial charge on any atom is -0.356 e. The molecular weight excluding hydrogens is 404 g/mol. The van der Waals surface area contributed by atoms with Gasteiger partial charge in [0.15, 0.2) is 5.96 Å². The molecule has 0 aliphatic heterocycles. The lowest BCUT2D eigenvalue weighted by Gasteiger charge is -2.18. The van der Waals surface area contributed by atoms with Crippen LogP contribution in [0.1, 0.15) is 31.2 Å². The molecule has 0 aromatic heterocycles. The molecule has 0 heterocycles. The van der Waals surface area contributed by atoms with Gasteiger partial charge in [-0.05, 0) is 67.6 Å². The molecule has 2 fully saturated rings. The Morgan fingerprint density at radius 1 is 1.13 bits per heavy atom. The van der Waals surface area contributed by atoms with Gasteiger partial charge in [0.25, 0.3) is 0 Å². The maximum atomic E-state index is 12.9. The van der Waals surface area contributed by atoms with Crippen molar-refractivity contribution in [2.45, 2.75) is 32.1 Å². The van der Waals surface area contributed by atoms with Crippen molar-refractivity contribution >= 4 is 29.9 Å². The van der Waals surface area contributed by atoms with Crippen LogP contribution in [0.15, 0.2) is 29.3 Å². The number of nitrogens with zero attached hydrogens (tertiary/aromatic N) is 1. The van der Waals surface area contributed by atoms with E-state index in [4.69, 9.17) is 0 Å². The maximum Gasteiger partial charge on any atom is 0.190 e. The topological polar surface area (TPSA) is 36.4 Å². The van der Waals surface area contributed by atoms with Crippen molar-refractivity contribution in [1.29, 1.82) is 0 Å². The first kappa shape index (κ1) is 18.5. The predicted molar refractivity (Wildman–Crippen MR) is 104 cm³/mol. The van der Waals surface area contributed by atoms with Crippen molar-refractivity contribution in [1.82, 2.24) is 10.6 Å². The van der Waals surface area contributed by atoms with Gasteiger partial charge < -0.3 is 10.6 Å². The van der Waals surface area contributed by atoms with E-state index in [9.17, 15) is 4.39 Å². The minimum atomic E-state index is -0.180. The van der Waals surface area contributed by atoms with Crippen molar-refractivity contribution in [2.75, 3.05) is 20.1 Å². The van der Waals surface area contributed by atoms with Gasteiger partial charge in [0.1, 0.15) is 5.82 Å². The van der Waals surface area contributed by atoms with Gasteiger partial charge in [-0.2, -0.15) is 0 Å². The molecule has 128 valence electrons. The summed E-state index contributed by atoms with van der Waals surface area (Å²) in [6, 6.07) is 6.70. The van der Waals surface area contributed by atoms with Crippen LogP contribution in [0.5, 0.6) is 0 Å². The maximum absolute atomic E-state index is 12.9. The summed E-state index contributed by atoms with van der Waals surface area (Å²) in [6.45, 7) is 1.86. The molecule has 3 nitrogen and oxygen atoms in total. The highest BCUT2D eigenvalue weighted by Crippen LogP contribution is 2.48. The average molecular weight is 431 g/mol. The van der Waals surface area contributed by atoms with Crippen molar-refractivity contribution in [2.24, 2.45) is 22.7 Å². The number of rotatable bonds is 7. The van der Waals surface area contributed by atoms with E-state index in [-0.39, 0.29) is 29.8 Å². The van der Waals surface area contributed by atoms with E-state index in [0.717, 1.165) is 48.8 Å². The molecule has 3 rings (SSSR count). The van der Waals surface area contributed by atoms with Gasteiger partial charge >= 0.3 is 0 Å². The number of hydrogen-bond donors (Lipinski definition) is 2. The molecule has 0 unspecified atom stereocenters. The molecular formula is C18H27FIN3. The van der Waals surface area contributed by atoms with E-state index >= 15 is 0 Å². The van der Waals surface area contributed by atoms with Crippen molar-refractivity contribution in [3.8, 4) is 0 Å². The van der Waals surface area contributed by atoms with Gasteiger partial charge in [-0.15, -0.1) is 24.0 Å². The second-order valence-corrected chi connectivity index (χ2v) is 6.60. The highest BCUT2D eigenvalue weighted by atomic mass is 127. The largest absolute Gasteiger partial charge is 0.356 e. The monoisotopic (exact) mass is 431 g/mol. The molecule has 0 spiro atoms. The molecule has 5 heteroatoms. The molecule has 1 aromatic rings. The Morgan fingerprint density at radius 2 is 1.74 bits per heavy atom. The number of benzene rings is 1. The zero-order valence-corrected chi connectivity index (χ0v) is 16.1. The Hall–Kier alpha value is -0.850. The van der Waals surface area contributed by atoms with Gasteiger partial charge in [0.2, 0.25) is 0 Å². The number of guanidine groups is 1. The molecule has 2 aliphatic rings. The van der Waals surface area contributed by atoms with Crippen LogP contribution in [-0.2, 0) is 6.42 Å². The standard InChI is InChI=1S/C18H26FN3.HI/c1-20-18(21-11-10-13-2-8-16(19)9-3-13)22-12-17(14-4-5-14)15-6-7-15;/h2-3,8-9,14-15,17H,4-7,10-12H2,1H3,(H2,20,21,22);1H. The fourth-order valence-electron chi connectivity index (χ4n) is 3.18. The second-order valence-electron chi connectivity index (χ2n) is 6.60. The molecule has 0 amide bonds. The van der Waals surface area contributed by atoms with Crippen LogP contribution in [-0.4, -0.2) is 26.1 Å². The summed E-state index contributed by atoms with van der Waals surface area (Å²) < 4.78 is 12.9. The van der Waals surface area contributed by atoms with Gasteiger partial charge in [-0.25, -0.2) is 4.39 Å². The van der Waals surface area contributed by atoms with Crippen LogP contribution >= 0.6 is 24.0 Å². The summed E-state index contributed by atoms with van der Waals surface area (Å²) >= 11 is 0. The quantitative estimate of drug-likeness (QED) is 0.394. The summed E-state index contributed by atoms with van der Waals surface area (Å²) in [5.74, 6) is 3.46. The Kier molecular flexibility index (Phi) is 7.11. The molecule has 0 atom stereocenters. The van der Waals surface area contributed by atoms with Crippen LogP contribution in [0.4, 0.5) is 4.39 Å². The third kappa shape index (κ3) is 5.94. The highest BCUT2D eigenvalue weighted by molar-refractivity contribution is 14.0. The van der Waals surface area contributed by atoms with Gasteiger partial charge in [0.05, 0.1) is 0 Å². The molecule has 2 saturated carbocycles. The first-order valence-electron chi connectivity index (χ1n) is 8.45. The highest BCUT2D eigenvalue weighted by Gasteiger charge is 2.41. The molecule has 2 N–H and O–H groups in total. The fraction of sp³-hybridized carbons (Fsp3) is 0.611. The fourth-order valence-corrected chi connectivity index (χ4v) is 3.18. The third-order valence-electron chi connectivity index (χ3n) is 4.80. The Bertz CT molecular complexity index is 498. The summed E-state index contributed by atoms with van der Waals surface area (Å²) in [4.78, 5) is 4.30. The lowest BCUT2D eigenvalue weighted by molar-refractivity contribution is 0.400. The molecule has 2 aliphatic carbocycles. The van der Waals surface area contributed by atoms with E-state index in [1.807, 2.05) is 19.2 Å². The first-order valence-corrected chi connectivity index (χ1v) is 8.45. The number of nitrogens with one attached hydrogen (secondary N) is 2. The Morgan fingerprint density at radius 3 is 2.26 bits per heavy atom. The Balaban J connectivity index is 0.00000192. The predicted octanol–water partition coefficient (Wildman–Crippen LogP) is 3.59. The lowest BCUT2D eigenvalue weighted by Crippen LogP contribution is -2.41. The van der Waals surface area contributed by atoms with Crippen molar-refractivity contribution in [3.05, 3.63) is 35.6 Å². The SMILES string of the molecule is CN=C(NCCc1ccc(F)cc1)NCC(C1CC1)C1CC1.I. The smallest absolute Gasteiger partial charge is 0.190 e. The summed E-state index contributed by atoms with van der Waals surface area (Å²) in [5.41, 5.74) is 1.14. The summed E-state index contributed by atoms with van der Waals surface area (Å²) in [6.07, 6.45) is 6.54. The number of aliphatic imine (C=N–C) groups is 1. The number of halogens is 2. The molecule has 0 bridgehead atoms. The third-order valence-corrected chi connectivity index (χ3v) is 4.80. The van der Waals surface area contributed by atoms with Gasteiger partial charge in [0, 0.05) is 20.1 Å². The van der Waals surface area contributed by atoms with Gasteiger partial charge in [-0.3, -0.25) is 4.99 Å². The normalized spacial score (nSPS) is 17.8. The molecule has 23 heavy (non-hydrogen) atoms. The molecule has 1 aromatic carbocycles. The zero-order chi connectivity index (χ0) is 15.4. The van der Waals surface area contributed by atoms with E-state index in [1.165, 1.54) is 37.8 Å².